The molecule has 2 aromatic carbocycles. The number of allylic oxidation sites excluding steroid dienone is 2. The number of aldehydes is 1. The molecule has 0 bridgehead atoms. The van der Waals surface area contributed by atoms with Gasteiger partial charge < -0.3 is 9.84 Å². The average molecular weight is 421 g/mol. The van der Waals surface area contributed by atoms with Gasteiger partial charge in [0, 0.05) is 12.0 Å². The summed E-state index contributed by atoms with van der Waals surface area (Å²) in [5.41, 5.74) is 4.05. The van der Waals surface area contributed by atoms with E-state index in [1.807, 2.05) is 31.2 Å². The van der Waals surface area contributed by atoms with E-state index in [1.165, 1.54) is 5.56 Å². The Kier molecular flexibility index (Phi) is 11.4. The summed E-state index contributed by atoms with van der Waals surface area (Å²) < 4.78 is 5.57. The van der Waals surface area contributed by atoms with Crippen molar-refractivity contribution in [3.8, 4) is 0 Å². The van der Waals surface area contributed by atoms with E-state index in [2.05, 4.69) is 51.3 Å². The number of carbonyl (C=O) groups excluding carboxylic acids is 1. The predicted molar refractivity (Wildman–Crippen MR) is 127 cm³/mol. The highest BCUT2D eigenvalue weighted by Gasteiger charge is 2.08. The Bertz CT molecular complexity index is 874. The number of aliphatic carboxylic acids is 1. The number of hydrogen-bond donors (Lipinski definition) is 1. The Hall–Kier alpha value is -3.40. The SMILES string of the molecule is C=CC(OC(=C)C)c1ccc(C(C)C)cc1.O=Cc1ccc(/C=C/CCC(=O)O)cc1. The maximum atomic E-state index is 10.4. The highest BCUT2D eigenvalue weighted by Crippen LogP contribution is 2.23. The fourth-order valence-corrected chi connectivity index (χ4v) is 2.65. The summed E-state index contributed by atoms with van der Waals surface area (Å²) in [5, 5.41) is 8.41. The van der Waals surface area contributed by atoms with Crippen LogP contribution in [0.5, 0.6) is 0 Å². The standard InChI is InChI=1S/C15H20O.C12H12O3/c1-6-15(16-12(4)5)14-9-7-13(8-10-14)11(2)3;13-9-11-7-5-10(6-8-11)3-1-2-4-12(14)15/h6-11,15H,1,4H2,2-3,5H3;1,3,5-9H,2,4H2,(H,14,15)/b;3-1+. The molecule has 1 unspecified atom stereocenters. The molecule has 0 aliphatic rings. The van der Waals surface area contributed by atoms with E-state index < -0.39 is 5.97 Å². The summed E-state index contributed by atoms with van der Waals surface area (Å²) in [7, 11) is 0. The normalized spacial score (nSPS) is 11.4. The van der Waals surface area contributed by atoms with Gasteiger partial charge in [-0.25, -0.2) is 0 Å². The first-order valence-corrected chi connectivity index (χ1v) is 10.2. The molecule has 0 radical (unpaired) electrons. The largest absolute Gasteiger partial charge is 0.487 e. The minimum absolute atomic E-state index is 0.0984. The number of carbonyl (C=O) groups is 2. The molecule has 0 fully saturated rings. The fraction of sp³-hybridized carbons (Fsp3) is 0.259. The van der Waals surface area contributed by atoms with Crippen LogP contribution in [0.25, 0.3) is 6.08 Å². The highest BCUT2D eigenvalue weighted by molar-refractivity contribution is 5.75. The number of ether oxygens (including phenoxy) is 1. The van der Waals surface area contributed by atoms with Crippen LogP contribution in [-0.2, 0) is 9.53 Å². The van der Waals surface area contributed by atoms with E-state index in [9.17, 15) is 9.59 Å². The maximum absolute atomic E-state index is 10.4. The van der Waals surface area contributed by atoms with Crippen molar-refractivity contribution in [2.24, 2.45) is 0 Å². The highest BCUT2D eigenvalue weighted by atomic mass is 16.5. The third-order valence-electron chi connectivity index (χ3n) is 4.38. The van der Waals surface area contributed by atoms with Crippen LogP contribution >= 0.6 is 0 Å². The van der Waals surface area contributed by atoms with E-state index in [0.29, 0.717) is 23.7 Å². The van der Waals surface area contributed by atoms with Crippen molar-refractivity contribution in [3.05, 3.63) is 102 Å². The van der Waals surface area contributed by atoms with Crippen molar-refractivity contribution >= 4 is 18.3 Å². The van der Waals surface area contributed by atoms with Gasteiger partial charge in [0.2, 0.25) is 0 Å². The van der Waals surface area contributed by atoms with E-state index in [0.717, 1.165) is 17.4 Å². The van der Waals surface area contributed by atoms with Crippen LogP contribution in [0.1, 0.15) is 72.7 Å². The van der Waals surface area contributed by atoms with Gasteiger partial charge in [-0.2, -0.15) is 0 Å². The quantitative estimate of drug-likeness (QED) is 0.256. The van der Waals surface area contributed by atoms with Crippen LogP contribution in [0.3, 0.4) is 0 Å². The van der Waals surface area contributed by atoms with Gasteiger partial charge in [-0.3, -0.25) is 9.59 Å². The summed E-state index contributed by atoms with van der Waals surface area (Å²) >= 11 is 0. The Labute approximate surface area is 185 Å². The summed E-state index contributed by atoms with van der Waals surface area (Å²) in [5.74, 6) is 0.465. The Morgan fingerprint density at radius 3 is 2.03 bits per heavy atom. The zero-order valence-electron chi connectivity index (χ0n) is 18.6. The van der Waals surface area contributed by atoms with E-state index in [4.69, 9.17) is 9.84 Å². The molecule has 0 amide bonds. The topological polar surface area (TPSA) is 63.6 Å². The van der Waals surface area contributed by atoms with Crippen LogP contribution in [0.4, 0.5) is 0 Å². The predicted octanol–water partition coefficient (Wildman–Crippen LogP) is 6.96. The first-order valence-electron chi connectivity index (χ1n) is 10.2. The second-order valence-corrected chi connectivity index (χ2v) is 7.42. The minimum Gasteiger partial charge on any atom is -0.487 e. The molecule has 4 heteroatoms. The van der Waals surface area contributed by atoms with Gasteiger partial charge >= 0.3 is 5.97 Å². The lowest BCUT2D eigenvalue weighted by atomic mass is 10.00. The minimum atomic E-state index is -0.795. The Morgan fingerprint density at radius 1 is 1.03 bits per heavy atom. The molecule has 0 saturated heterocycles. The molecule has 0 spiro atoms. The van der Waals surface area contributed by atoms with Gasteiger partial charge in [0.15, 0.2) is 0 Å². The van der Waals surface area contributed by atoms with Gasteiger partial charge in [0.1, 0.15) is 12.4 Å². The zero-order chi connectivity index (χ0) is 23.2. The smallest absolute Gasteiger partial charge is 0.303 e. The lowest BCUT2D eigenvalue weighted by molar-refractivity contribution is -0.136. The van der Waals surface area contributed by atoms with Crippen molar-refractivity contribution in [2.45, 2.75) is 45.6 Å². The second-order valence-electron chi connectivity index (χ2n) is 7.42. The first kappa shape index (κ1) is 25.6. The van der Waals surface area contributed by atoms with E-state index in [-0.39, 0.29) is 12.5 Å². The average Bonchev–Trinajstić information content (AvgIpc) is 2.75. The number of carboxylic acids is 1. The third-order valence-corrected chi connectivity index (χ3v) is 4.38. The zero-order valence-corrected chi connectivity index (χ0v) is 18.6. The number of rotatable bonds is 10. The van der Waals surface area contributed by atoms with Crippen LogP contribution in [0.15, 0.2) is 79.6 Å². The van der Waals surface area contributed by atoms with Crippen molar-refractivity contribution < 1.29 is 19.4 Å². The maximum Gasteiger partial charge on any atom is 0.303 e. The molecule has 0 saturated carbocycles. The molecule has 0 heterocycles. The molecule has 1 atom stereocenters. The van der Waals surface area contributed by atoms with Gasteiger partial charge in [0.25, 0.3) is 0 Å². The molecule has 0 aromatic heterocycles. The molecule has 0 aliphatic carbocycles. The molecular weight excluding hydrogens is 388 g/mol. The Balaban J connectivity index is 0.000000311. The number of carboxylic acid groups (broad SMARTS) is 1. The monoisotopic (exact) mass is 420 g/mol. The van der Waals surface area contributed by atoms with Crippen molar-refractivity contribution in [1.82, 2.24) is 0 Å². The third kappa shape index (κ3) is 10.3. The van der Waals surface area contributed by atoms with Crippen molar-refractivity contribution in [1.29, 1.82) is 0 Å². The molecule has 164 valence electrons. The van der Waals surface area contributed by atoms with Crippen LogP contribution in [0.2, 0.25) is 0 Å². The molecule has 4 nitrogen and oxygen atoms in total. The summed E-state index contributed by atoms with van der Waals surface area (Å²) in [6, 6.07) is 15.5. The van der Waals surface area contributed by atoms with Gasteiger partial charge in [-0.15, -0.1) is 0 Å². The molecule has 2 rings (SSSR count). The number of benzene rings is 2. The lowest BCUT2D eigenvalue weighted by Gasteiger charge is -2.16. The van der Waals surface area contributed by atoms with Gasteiger partial charge in [-0.05, 0) is 42.0 Å². The molecule has 1 N–H and O–H groups in total. The van der Waals surface area contributed by atoms with Crippen molar-refractivity contribution in [3.63, 3.8) is 0 Å². The molecule has 2 aromatic rings. The van der Waals surface area contributed by atoms with Gasteiger partial charge in [0.05, 0.1) is 5.76 Å². The fourth-order valence-electron chi connectivity index (χ4n) is 2.65. The summed E-state index contributed by atoms with van der Waals surface area (Å²) in [6.07, 6.45) is 6.80. The van der Waals surface area contributed by atoms with E-state index in [1.54, 1.807) is 18.2 Å². The Morgan fingerprint density at radius 2 is 1.58 bits per heavy atom. The summed E-state index contributed by atoms with van der Waals surface area (Å²) in [6.45, 7) is 13.7. The van der Waals surface area contributed by atoms with Crippen LogP contribution in [0, 0.1) is 0 Å². The number of hydrogen-bond acceptors (Lipinski definition) is 3. The molecule has 31 heavy (non-hydrogen) atoms. The van der Waals surface area contributed by atoms with Crippen LogP contribution < -0.4 is 0 Å². The van der Waals surface area contributed by atoms with E-state index >= 15 is 0 Å². The molecule has 0 aliphatic heterocycles. The van der Waals surface area contributed by atoms with Crippen LogP contribution in [-0.4, -0.2) is 17.4 Å². The summed E-state index contributed by atoms with van der Waals surface area (Å²) in [4.78, 5) is 20.6. The second kappa shape index (κ2) is 13.8. The first-order chi connectivity index (χ1) is 14.8. The lowest BCUT2D eigenvalue weighted by Crippen LogP contribution is -1.99. The van der Waals surface area contributed by atoms with Gasteiger partial charge in [-0.1, -0.05) is 87.7 Å². The molecular formula is C27H32O4. The van der Waals surface area contributed by atoms with Crippen molar-refractivity contribution in [2.75, 3.05) is 0 Å².